The van der Waals surface area contributed by atoms with Crippen LogP contribution in [0.5, 0.6) is 11.5 Å². The van der Waals surface area contributed by atoms with Gasteiger partial charge >= 0.3 is 0 Å². The van der Waals surface area contributed by atoms with E-state index in [0.717, 1.165) is 17.1 Å². The lowest BCUT2D eigenvalue weighted by molar-refractivity contribution is 0.354. The Kier molecular flexibility index (Phi) is 5.38. The first-order chi connectivity index (χ1) is 8.22. The zero-order valence-corrected chi connectivity index (χ0v) is 10.8. The van der Waals surface area contributed by atoms with Crippen molar-refractivity contribution in [2.75, 3.05) is 20.8 Å². The van der Waals surface area contributed by atoms with Crippen LogP contribution in [-0.4, -0.2) is 20.8 Å². The first-order valence-electron chi connectivity index (χ1n) is 5.57. The molecule has 1 aromatic carbocycles. The van der Waals surface area contributed by atoms with Gasteiger partial charge in [0.2, 0.25) is 0 Å². The van der Waals surface area contributed by atoms with E-state index in [-0.39, 0.29) is 6.04 Å². The maximum atomic E-state index is 5.27. The number of benzene rings is 1. The van der Waals surface area contributed by atoms with Gasteiger partial charge < -0.3 is 9.47 Å². The SMILES string of the molecule is CC#CCNC(C)c1ccc(OC)c(OC)c1. The lowest BCUT2D eigenvalue weighted by atomic mass is 10.1. The smallest absolute Gasteiger partial charge is 0.161 e. The highest BCUT2D eigenvalue weighted by Crippen LogP contribution is 2.29. The third-order valence-electron chi connectivity index (χ3n) is 2.58. The van der Waals surface area contributed by atoms with Gasteiger partial charge in [-0.15, -0.1) is 5.92 Å². The monoisotopic (exact) mass is 233 g/mol. The molecular weight excluding hydrogens is 214 g/mol. The third-order valence-corrected chi connectivity index (χ3v) is 2.58. The van der Waals surface area contributed by atoms with Crippen LogP contribution in [0.25, 0.3) is 0 Å². The van der Waals surface area contributed by atoms with Gasteiger partial charge in [-0.2, -0.15) is 0 Å². The Hall–Kier alpha value is -1.66. The summed E-state index contributed by atoms with van der Waals surface area (Å²) in [7, 11) is 3.28. The minimum atomic E-state index is 0.232. The lowest BCUT2D eigenvalue weighted by Gasteiger charge is -2.15. The van der Waals surface area contributed by atoms with Crippen molar-refractivity contribution in [3.8, 4) is 23.3 Å². The van der Waals surface area contributed by atoms with Crippen molar-refractivity contribution in [1.29, 1.82) is 0 Å². The van der Waals surface area contributed by atoms with Crippen molar-refractivity contribution in [3.05, 3.63) is 23.8 Å². The summed E-state index contributed by atoms with van der Waals surface area (Å²) < 4.78 is 10.5. The quantitative estimate of drug-likeness (QED) is 0.792. The number of ether oxygens (including phenoxy) is 2. The van der Waals surface area contributed by atoms with Crippen molar-refractivity contribution < 1.29 is 9.47 Å². The summed E-state index contributed by atoms with van der Waals surface area (Å²) in [6.07, 6.45) is 0. The van der Waals surface area contributed by atoms with Crippen LogP contribution >= 0.6 is 0 Å². The average molecular weight is 233 g/mol. The van der Waals surface area contributed by atoms with Crippen LogP contribution in [0.15, 0.2) is 18.2 Å². The van der Waals surface area contributed by atoms with E-state index >= 15 is 0 Å². The zero-order chi connectivity index (χ0) is 12.7. The summed E-state index contributed by atoms with van der Waals surface area (Å²) in [5.74, 6) is 7.34. The molecule has 1 rings (SSSR count). The van der Waals surface area contributed by atoms with Gasteiger partial charge in [0.25, 0.3) is 0 Å². The molecule has 0 aromatic heterocycles. The van der Waals surface area contributed by atoms with E-state index in [1.165, 1.54) is 0 Å². The van der Waals surface area contributed by atoms with Gasteiger partial charge in [0, 0.05) is 6.04 Å². The Balaban J connectivity index is 2.79. The fraction of sp³-hybridized carbons (Fsp3) is 0.429. The van der Waals surface area contributed by atoms with Gasteiger partial charge in [0.05, 0.1) is 20.8 Å². The van der Waals surface area contributed by atoms with Crippen molar-refractivity contribution >= 4 is 0 Å². The van der Waals surface area contributed by atoms with Crippen molar-refractivity contribution in [2.45, 2.75) is 19.9 Å². The maximum absolute atomic E-state index is 5.27. The van der Waals surface area contributed by atoms with Crippen molar-refractivity contribution in [1.82, 2.24) is 5.32 Å². The third kappa shape index (κ3) is 3.69. The van der Waals surface area contributed by atoms with Gasteiger partial charge in [-0.05, 0) is 31.5 Å². The standard InChI is InChI=1S/C14H19NO2/c1-5-6-9-15-11(2)12-7-8-13(16-3)14(10-12)17-4/h7-8,10-11,15H,9H2,1-4H3. The predicted octanol–water partition coefficient (Wildman–Crippen LogP) is 2.38. The average Bonchev–Trinajstić information content (AvgIpc) is 2.38. The highest BCUT2D eigenvalue weighted by Gasteiger charge is 2.08. The molecular formula is C14H19NO2. The Labute approximate surface area is 103 Å². The van der Waals surface area contributed by atoms with E-state index in [0.29, 0.717) is 6.54 Å². The fourth-order valence-corrected chi connectivity index (χ4v) is 1.53. The van der Waals surface area contributed by atoms with Crippen LogP contribution in [0, 0.1) is 11.8 Å². The summed E-state index contributed by atoms with van der Waals surface area (Å²) >= 11 is 0. The topological polar surface area (TPSA) is 30.5 Å². The van der Waals surface area contributed by atoms with Crippen LogP contribution in [0.4, 0.5) is 0 Å². The second kappa shape index (κ2) is 6.82. The second-order valence-electron chi connectivity index (χ2n) is 3.64. The molecule has 0 radical (unpaired) electrons. The minimum absolute atomic E-state index is 0.232. The molecule has 0 aliphatic carbocycles. The van der Waals surface area contributed by atoms with E-state index in [9.17, 15) is 0 Å². The van der Waals surface area contributed by atoms with Gasteiger partial charge in [-0.25, -0.2) is 0 Å². The molecule has 0 aliphatic rings. The predicted molar refractivity (Wildman–Crippen MR) is 69.4 cm³/mol. The summed E-state index contributed by atoms with van der Waals surface area (Å²) in [5, 5.41) is 3.32. The van der Waals surface area contributed by atoms with Gasteiger partial charge in [0.15, 0.2) is 11.5 Å². The molecule has 3 heteroatoms. The number of nitrogens with one attached hydrogen (secondary N) is 1. The van der Waals surface area contributed by atoms with Crippen LogP contribution in [-0.2, 0) is 0 Å². The Morgan fingerprint density at radius 2 is 1.94 bits per heavy atom. The summed E-state index contributed by atoms with van der Waals surface area (Å²) in [6, 6.07) is 6.15. The molecule has 0 aliphatic heterocycles. The molecule has 0 saturated carbocycles. The van der Waals surface area contributed by atoms with E-state index in [1.807, 2.05) is 25.1 Å². The molecule has 1 atom stereocenters. The zero-order valence-electron chi connectivity index (χ0n) is 10.8. The molecule has 3 nitrogen and oxygen atoms in total. The summed E-state index contributed by atoms with van der Waals surface area (Å²) in [4.78, 5) is 0. The van der Waals surface area contributed by atoms with Gasteiger partial charge in [0.1, 0.15) is 0 Å². The minimum Gasteiger partial charge on any atom is -0.493 e. The molecule has 0 bridgehead atoms. The maximum Gasteiger partial charge on any atom is 0.161 e. The van der Waals surface area contributed by atoms with E-state index in [1.54, 1.807) is 14.2 Å². The van der Waals surface area contributed by atoms with E-state index < -0.39 is 0 Å². The summed E-state index contributed by atoms with van der Waals surface area (Å²) in [6.45, 7) is 4.62. The molecule has 0 saturated heterocycles. The molecule has 1 unspecified atom stereocenters. The molecule has 1 N–H and O–H groups in total. The largest absolute Gasteiger partial charge is 0.493 e. The number of rotatable bonds is 5. The van der Waals surface area contributed by atoms with E-state index in [2.05, 4.69) is 24.1 Å². The fourth-order valence-electron chi connectivity index (χ4n) is 1.53. The highest BCUT2D eigenvalue weighted by molar-refractivity contribution is 5.43. The van der Waals surface area contributed by atoms with Gasteiger partial charge in [-0.3, -0.25) is 5.32 Å². The van der Waals surface area contributed by atoms with Crippen LogP contribution in [0.1, 0.15) is 25.5 Å². The molecule has 0 heterocycles. The molecule has 1 aromatic rings. The highest BCUT2D eigenvalue weighted by atomic mass is 16.5. The Bertz CT molecular complexity index is 418. The number of hydrogen-bond acceptors (Lipinski definition) is 3. The first-order valence-corrected chi connectivity index (χ1v) is 5.57. The first kappa shape index (κ1) is 13.4. The van der Waals surface area contributed by atoms with Crippen LogP contribution < -0.4 is 14.8 Å². The molecule has 92 valence electrons. The normalized spacial score (nSPS) is 11.3. The van der Waals surface area contributed by atoms with Crippen LogP contribution in [0.3, 0.4) is 0 Å². The van der Waals surface area contributed by atoms with E-state index in [4.69, 9.17) is 9.47 Å². The lowest BCUT2D eigenvalue weighted by Crippen LogP contribution is -2.18. The number of hydrogen-bond donors (Lipinski definition) is 1. The van der Waals surface area contributed by atoms with Gasteiger partial charge in [-0.1, -0.05) is 12.0 Å². The van der Waals surface area contributed by atoms with Crippen molar-refractivity contribution in [3.63, 3.8) is 0 Å². The molecule has 0 amide bonds. The molecule has 0 spiro atoms. The Morgan fingerprint density at radius 1 is 1.24 bits per heavy atom. The van der Waals surface area contributed by atoms with Crippen molar-refractivity contribution in [2.24, 2.45) is 0 Å². The molecule has 0 fully saturated rings. The Morgan fingerprint density at radius 3 is 2.53 bits per heavy atom. The number of methoxy groups -OCH3 is 2. The summed E-state index contributed by atoms with van der Waals surface area (Å²) in [5.41, 5.74) is 1.15. The van der Waals surface area contributed by atoms with Crippen LogP contribution in [0.2, 0.25) is 0 Å². The second-order valence-corrected chi connectivity index (χ2v) is 3.64. The molecule has 17 heavy (non-hydrogen) atoms.